The van der Waals surface area contributed by atoms with Gasteiger partial charge < -0.3 is 10.4 Å². The molecule has 35 heavy (non-hydrogen) atoms. The molecule has 0 unspecified atom stereocenters. The Hall–Kier alpha value is -3.82. The van der Waals surface area contributed by atoms with Gasteiger partial charge in [0.2, 0.25) is 0 Å². The minimum atomic E-state index is -0.898. The van der Waals surface area contributed by atoms with Crippen molar-refractivity contribution >= 4 is 38.4 Å². The average molecular weight is 494 g/mol. The zero-order valence-electron chi connectivity index (χ0n) is 19.4. The summed E-state index contributed by atoms with van der Waals surface area (Å²) in [5.74, 6) is -0.854. The summed E-state index contributed by atoms with van der Waals surface area (Å²) >= 11 is 1.09. The number of nitrogens with one attached hydrogen (secondary N) is 2. The van der Waals surface area contributed by atoms with E-state index in [-0.39, 0.29) is 28.3 Å². The number of aromatic nitrogens is 1. The van der Waals surface area contributed by atoms with E-state index < -0.39 is 23.2 Å². The first-order valence-corrected chi connectivity index (χ1v) is 11.7. The number of anilines is 1. The highest BCUT2D eigenvalue weighted by atomic mass is 32.1. The number of benzene rings is 2. The Kier molecular flexibility index (Phi) is 6.56. The third-order valence-corrected chi connectivity index (χ3v) is 6.58. The maximum Gasteiger partial charge on any atom is 0.320 e. The van der Waals surface area contributed by atoms with Crippen LogP contribution in [0.2, 0.25) is 0 Å². The first-order valence-electron chi connectivity index (χ1n) is 10.9. The highest BCUT2D eigenvalue weighted by molar-refractivity contribution is 7.23. The van der Waals surface area contributed by atoms with Crippen molar-refractivity contribution in [3.8, 4) is 5.69 Å². The van der Waals surface area contributed by atoms with Crippen molar-refractivity contribution in [2.75, 3.05) is 11.9 Å². The fourth-order valence-corrected chi connectivity index (χ4v) is 4.84. The van der Waals surface area contributed by atoms with Crippen molar-refractivity contribution in [2.24, 2.45) is 0 Å². The van der Waals surface area contributed by atoms with Crippen LogP contribution >= 0.6 is 11.3 Å². The van der Waals surface area contributed by atoms with Crippen molar-refractivity contribution < 1.29 is 19.1 Å². The molecule has 2 aromatic heterocycles. The predicted octanol–water partition coefficient (Wildman–Crippen LogP) is 4.62. The van der Waals surface area contributed by atoms with Crippen LogP contribution in [0.15, 0.2) is 65.5 Å². The summed E-state index contributed by atoms with van der Waals surface area (Å²) in [5.41, 5.74) is 0.175. The number of urea groups is 1. The second-order valence-electron chi connectivity index (χ2n) is 8.78. The fraction of sp³-hybridized carbons (Fsp3) is 0.192. The summed E-state index contributed by atoms with van der Waals surface area (Å²) in [6, 6.07) is 15.3. The van der Waals surface area contributed by atoms with Crippen LogP contribution in [0.1, 0.15) is 35.3 Å². The topological polar surface area (TPSA) is 100 Å². The van der Waals surface area contributed by atoms with Crippen molar-refractivity contribution in [1.82, 2.24) is 9.88 Å². The Labute approximate surface area is 204 Å². The van der Waals surface area contributed by atoms with E-state index in [4.69, 9.17) is 0 Å². The lowest BCUT2D eigenvalue weighted by Crippen LogP contribution is -2.48. The molecule has 4 aromatic rings. The number of pyridine rings is 1. The lowest BCUT2D eigenvalue weighted by atomic mass is 10.0. The Morgan fingerprint density at radius 3 is 2.46 bits per heavy atom. The number of halogens is 1. The highest BCUT2D eigenvalue weighted by Crippen LogP contribution is 2.37. The quantitative estimate of drug-likeness (QED) is 0.341. The third-order valence-electron chi connectivity index (χ3n) is 5.48. The summed E-state index contributed by atoms with van der Waals surface area (Å²) in [4.78, 5) is 39.7. The zero-order chi connectivity index (χ0) is 25.3. The van der Waals surface area contributed by atoms with Crippen LogP contribution in [0.25, 0.3) is 15.9 Å². The van der Waals surface area contributed by atoms with Gasteiger partial charge in [-0.05, 0) is 62.7 Å². The highest BCUT2D eigenvalue weighted by Gasteiger charge is 2.26. The second-order valence-corrected chi connectivity index (χ2v) is 9.78. The number of rotatable bonds is 6. The van der Waals surface area contributed by atoms with Gasteiger partial charge in [-0.1, -0.05) is 29.5 Å². The van der Waals surface area contributed by atoms with E-state index in [2.05, 4.69) is 10.6 Å². The lowest BCUT2D eigenvalue weighted by Gasteiger charge is -2.23. The standard InChI is InChI=1S/C26H24FN3O4S/c1-15-13-16(9-11-19(15)27)22(33)21-18-10-12-20(32)30(17-7-5-4-6-8-17)24(18)35-23(21)28-25(34)29-26(2,3)14-31/h4-13,31H,14H2,1-3H3,(H2,28,29,34). The molecule has 0 spiro atoms. The van der Waals surface area contributed by atoms with Crippen molar-refractivity contribution in [2.45, 2.75) is 26.3 Å². The molecular formula is C26H24FN3O4S. The molecule has 0 atom stereocenters. The van der Waals surface area contributed by atoms with Crippen molar-refractivity contribution in [1.29, 1.82) is 0 Å². The Morgan fingerprint density at radius 2 is 1.80 bits per heavy atom. The normalized spacial score (nSPS) is 11.5. The minimum absolute atomic E-state index is 0.192. The summed E-state index contributed by atoms with van der Waals surface area (Å²) in [7, 11) is 0. The number of amides is 2. The number of thiophene rings is 1. The molecule has 0 radical (unpaired) electrons. The molecule has 0 saturated heterocycles. The van der Waals surface area contributed by atoms with Gasteiger partial charge in [0.1, 0.15) is 15.6 Å². The van der Waals surface area contributed by atoms with Gasteiger partial charge in [-0.3, -0.25) is 19.5 Å². The van der Waals surface area contributed by atoms with Crippen LogP contribution in [0.5, 0.6) is 0 Å². The van der Waals surface area contributed by atoms with E-state index in [0.29, 0.717) is 21.5 Å². The molecule has 7 nitrogen and oxygen atoms in total. The van der Waals surface area contributed by atoms with E-state index in [9.17, 15) is 23.9 Å². The molecule has 2 aromatic carbocycles. The zero-order valence-corrected chi connectivity index (χ0v) is 20.2. The SMILES string of the molecule is Cc1cc(C(=O)c2c(NC(=O)NC(C)(C)CO)sc3c2ccc(=O)n3-c2ccccc2)ccc1F. The van der Waals surface area contributed by atoms with Gasteiger partial charge >= 0.3 is 6.03 Å². The number of hydrogen-bond acceptors (Lipinski definition) is 5. The van der Waals surface area contributed by atoms with Gasteiger partial charge in [0.15, 0.2) is 5.78 Å². The van der Waals surface area contributed by atoms with E-state index in [1.54, 1.807) is 51.1 Å². The van der Waals surface area contributed by atoms with Crippen LogP contribution < -0.4 is 16.2 Å². The first kappa shape index (κ1) is 24.3. The number of aryl methyl sites for hydroxylation is 1. The lowest BCUT2D eigenvalue weighted by molar-refractivity contribution is 0.104. The summed E-state index contributed by atoms with van der Waals surface area (Å²) in [6.07, 6.45) is 0. The molecule has 0 fully saturated rings. The largest absolute Gasteiger partial charge is 0.394 e. The van der Waals surface area contributed by atoms with Gasteiger partial charge in [0.05, 0.1) is 23.4 Å². The number of fused-ring (bicyclic) bond motifs is 1. The maximum absolute atomic E-state index is 13.9. The van der Waals surface area contributed by atoms with Crippen LogP contribution in [0.3, 0.4) is 0 Å². The van der Waals surface area contributed by atoms with Gasteiger partial charge in [-0.2, -0.15) is 0 Å². The number of ketones is 1. The number of aliphatic hydroxyl groups excluding tert-OH is 1. The average Bonchev–Trinajstić information content (AvgIpc) is 3.17. The van der Waals surface area contributed by atoms with Gasteiger partial charge in [-0.25, -0.2) is 9.18 Å². The second kappa shape index (κ2) is 9.44. The van der Waals surface area contributed by atoms with Gasteiger partial charge in [0.25, 0.3) is 5.56 Å². The molecule has 4 rings (SSSR count). The van der Waals surface area contributed by atoms with Crippen LogP contribution in [-0.2, 0) is 0 Å². The van der Waals surface area contributed by atoms with Crippen molar-refractivity contribution in [3.63, 3.8) is 0 Å². The summed E-state index contributed by atoms with van der Waals surface area (Å²) < 4.78 is 15.3. The summed E-state index contributed by atoms with van der Waals surface area (Å²) in [6.45, 7) is 4.57. The molecule has 9 heteroatoms. The molecule has 0 saturated carbocycles. The molecule has 3 N–H and O–H groups in total. The van der Waals surface area contributed by atoms with Gasteiger partial charge in [-0.15, -0.1) is 0 Å². The Balaban J connectivity index is 1.92. The first-order chi connectivity index (χ1) is 16.6. The Bertz CT molecular complexity index is 1490. The molecule has 180 valence electrons. The molecular weight excluding hydrogens is 469 g/mol. The fourth-order valence-electron chi connectivity index (χ4n) is 3.63. The molecule has 2 amide bonds. The third kappa shape index (κ3) is 4.87. The van der Waals surface area contributed by atoms with Crippen molar-refractivity contribution in [3.05, 3.63) is 93.5 Å². The van der Waals surface area contributed by atoms with Gasteiger partial charge in [0, 0.05) is 17.0 Å². The van der Waals surface area contributed by atoms with E-state index in [1.807, 2.05) is 6.07 Å². The number of carbonyl (C=O) groups excluding carboxylic acids is 2. The van der Waals surface area contributed by atoms with Crippen LogP contribution in [0, 0.1) is 12.7 Å². The Morgan fingerprint density at radius 1 is 1.09 bits per heavy atom. The van der Waals surface area contributed by atoms with Crippen LogP contribution in [0.4, 0.5) is 14.2 Å². The number of para-hydroxylation sites is 1. The molecule has 0 aliphatic rings. The molecule has 0 aliphatic carbocycles. The number of carbonyl (C=O) groups is 2. The number of nitrogens with zero attached hydrogens (tertiary/aromatic N) is 1. The maximum atomic E-state index is 13.9. The van der Waals surface area contributed by atoms with E-state index in [0.717, 1.165) is 11.3 Å². The molecule has 2 heterocycles. The molecule has 0 bridgehead atoms. The van der Waals surface area contributed by atoms with E-state index >= 15 is 0 Å². The van der Waals surface area contributed by atoms with Crippen LogP contribution in [-0.4, -0.2) is 33.6 Å². The monoisotopic (exact) mass is 493 g/mol. The molecule has 0 aliphatic heterocycles. The van der Waals surface area contributed by atoms with E-state index in [1.165, 1.54) is 28.8 Å². The number of hydrogen-bond donors (Lipinski definition) is 3. The predicted molar refractivity (Wildman–Crippen MR) is 135 cm³/mol. The number of aliphatic hydroxyl groups is 1. The minimum Gasteiger partial charge on any atom is -0.394 e. The summed E-state index contributed by atoms with van der Waals surface area (Å²) in [5, 5.41) is 15.6. The smallest absolute Gasteiger partial charge is 0.320 e.